The van der Waals surface area contributed by atoms with E-state index in [1.54, 1.807) is 26.0 Å². The number of morpholine rings is 1. The van der Waals surface area contributed by atoms with Gasteiger partial charge in [-0.1, -0.05) is 0 Å². The van der Waals surface area contributed by atoms with Crippen molar-refractivity contribution in [3.05, 3.63) is 29.6 Å². The average Bonchev–Trinajstić information content (AvgIpc) is 2.94. The van der Waals surface area contributed by atoms with Gasteiger partial charge in [-0.3, -0.25) is 9.82 Å². The fourth-order valence-electron chi connectivity index (χ4n) is 2.93. The smallest absolute Gasteiger partial charge is 0.265 e. The SMILES string of the molecule is COc1ccc(N2CCOCC2)cc1NS(=O)(=O)c1c(C)n[nH]c1C. The van der Waals surface area contributed by atoms with Crippen LogP contribution in [0.25, 0.3) is 0 Å². The number of benzene rings is 1. The van der Waals surface area contributed by atoms with Crippen LogP contribution in [0.4, 0.5) is 11.4 Å². The molecule has 1 aliphatic heterocycles. The molecule has 136 valence electrons. The van der Waals surface area contributed by atoms with Crippen molar-refractivity contribution in [2.24, 2.45) is 0 Å². The molecule has 1 aromatic heterocycles. The van der Waals surface area contributed by atoms with Crippen molar-refractivity contribution in [2.45, 2.75) is 18.7 Å². The van der Waals surface area contributed by atoms with Crippen molar-refractivity contribution < 1.29 is 17.9 Å². The Bertz CT molecular complexity index is 838. The number of hydrogen-bond donors (Lipinski definition) is 2. The maximum Gasteiger partial charge on any atom is 0.265 e. The highest BCUT2D eigenvalue weighted by Crippen LogP contribution is 2.32. The standard InChI is InChI=1S/C16H22N4O4S/c1-11-16(12(2)18-17-11)25(21,22)19-14-10-13(4-5-15(14)23-3)20-6-8-24-9-7-20/h4-5,10,19H,6-9H2,1-3H3,(H,17,18). The second kappa shape index (κ2) is 6.93. The predicted octanol–water partition coefficient (Wildman–Crippen LogP) is 1.67. The molecule has 1 aromatic carbocycles. The number of aryl methyl sites for hydroxylation is 2. The van der Waals surface area contributed by atoms with Crippen LogP contribution in [0.5, 0.6) is 5.75 Å². The molecule has 25 heavy (non-hydrogen) atoms. The van der Waals surface area contributed by atoms with Crippen LogP contribution in [0.2, 0.25) is 0 Å². The Hall–Kier alpha value is -2.26. The van der Waals surface area contributed by atoms with Gasteiger partial charge in [0.2, 0.25) is 0 Å². The number of nitrogens with one attached hydrogen (secondary N) is 2. The molecule has 0 bridgehead atoms. The van der Waals surface area contributed by atoms with Crippen LogP contribution >= 0.6 is 0 Å². The summed E-state index contributed by atoms with van der Waals surface area (Å²) in [5.74, 6) is 0.458. The van der Waals surface area contributed by atoms with Gasteiger partial charge in [-0.15, -0.1) is 0 Å². The fourth-order valence-corrected chi connectivity index (χ4v) is 4.36. The van der Waals surface area contributed by atoms with Crippen molar-refractivity contribution in [3.8, 4) is 5.75 Å². The van der Waals surface area contributed by atoms with Crippen LogP contribution in [-0.4, -0.2) is 52.0 Å². The molecule has 1 fully saturated rings. The van der Waals surface area contributed by atoms with Gasteiger partial charge in [-0.05, 0) is 32.0 Å². The van der Waals surface area contributed by atoms with Crippen molar-refractivity contribution in [2.75, 3.05) is 43.0 Å². The van der Waals surface area contributed by atoms with Crippen molar-refractivity contribution in [1.29, 1.82) is 0 Å². The van der Waals surface area contributed by atoms with Crippen LogP contribution in [0, 0.1) is 13.8 Å². The molecule has 2 heterocycles. The van der Waals surface area contributed by atoms with Gasteiger partial charge in [-0.2, -0.15) is 5.10 Å². The van der Waals surface area contributed by atoms with E-state index in [0.29, 0.717) is 36.0 Å². The number of nitrogens with zero attached hydrogens (tertiary/aromatic N) is 2. The molecule has 0 radical (unpaired) electrons. The van der Waals surface area contributed by atoms with E-state index in [-0.39, 0.29) is 4.90 Å². The number of rotatable bonds is 5. The summed E-state index contributed by atoms with van der Waals surface area (Å²) in [6, 6.07) is 5.46. The van der Waals surface area contributed by atoms with Gasteiger partial charge in [0.1, 0.15) is 10.6 Å². The zero-order valence-corrected chi connectivity index (χ0v) is 15.3. The third-order valence-electron chi connectivity index (χ3n) is 4.13. The third-order valence-corrected chi connectivity index (χ3v) is 5.76. The molecular weight excluding hydrogens is 344 g/mol. The summed E-state index contributed by atoms with van der Waals surface area (Å²) < 4.78 is 38.9. The number of anilines is 2. The molecule has 0 unspecified atom stereocenters. The van der Waals surface area contributed by atoms with Crippen LogP contribution in [0.3, 0.4) is 0 Å². The Morgan fingerprint density at radius 1 is 1.28 bits per heavy atom. The summed E-state index contributed by atoms with van der Waals surface area (Å²) in [6.45, 7) is 6.16. The molecule has 1 aliphatic rings. The number of aromatic nitrogens is 2. The first-order valence-corrected chi connectivity index (χ1v) is 9.46. The van der Waals surface area contributed by atoms with Crippen LogP contribution in [-0.2, 0) is 14.8 Å². The van der Waals surface area contributed by atoms with Crippen LogP contribution < -0.4 is 14.4 Å². The fraction of sp³-hybridized carbons (Fsp3) is 0.438. The number of ether oxygens (including phenoxy) is 2. The third kappa shape index (κ3) is 3.57. The topological polar surface area (TPSA) is 96.6 Å². The van der Waals surface area contributed by atoms with Crippen LogP contribution in [0.1, 0.15) is 11.4 Å². The van der Waals surface area contributed by atoms with Gasteiger partial charge in [0.05, 0.1) is 37.4 Å². The Kier molecular flexibility index (Phi) is 4.87. The van der Waals surface area contributed by atoms with Gasteiger partial charge in [0.15, 0.2) is 0 Å². The predicted molar refractivity (Wildman–Crippen MR) is 94.9 cm³/mol. The minimum absolute atomic E-state index is 0.159. The summed E-state index contributed by atoms with van der Waals surface area (Å²) in [6.07, 6.45) is 0. The molecule has 0 saturated carbocycles. The molecule has 8 nitrogen and oxygen atoms in total. The average molecular weight is 366 g/mol. The van der Waals surface area contributed by atoms with Crippen molar-refractivity contribution in [3.63, 3.8) is 0 Å². The number of aromatic amines is 1. The van der Waals surface area contributed by atoms with Gasteiger partial charge >= 0.3 is 0 Å². The lowest BCUT2D eigenvalue weighted by Gasteiger charge is -2.29. The van der Waals surface area contributed by atoms with E-state index in [1.165, 1.54) is 7.11 Å². The summed E-state index contributed by atoms with van der Waals surface area (Å²) in [5.41, 5.74) is 2.23. The quantitative estimate of drug-likeness (QED) is 0.836. The van der Waals surface area contributed by atoms with Crippen molar-refractivity contribution >= 4 is 21.4 Å². The molecule has 1 saturated heterocycles. The zero-order chi connectivity index (χ0) is 18.0. The summed E-state index contributed by atoms with van der Waals surface area (Å²) >= 11 is 0. The van der Waals surface area contributed by atoms with Gasteiger partial charge in [-0.25, -0.2) is 8.42 Å². The highest BCUT2D eigenvalue weighted by Gasteiger charge is 2.24. The number of sulfonamides is 1. The Labute approximate surface area is 147 Å². The molecule has 3 rings (SSSR count). The Morgan fingerprint density at radius 3 is 2.60 bits per heavy atom. The van der Waals surface area contributed by atoms with Gasteiger partial charge < -0.3 is 14.4 Å². The van der Waals surface area contributed by atoms with E-state index in [4.69, 9.17) is 9.47 Å². The highest BCUT2D eigenvalue weighted by molar-refractivity contribution is 7.92. The molecule has 0 amide bonds. The number of hydrogen-bond acceptors (Lipinski definition) is 6. The maximum atomic E-state index is 12.8. The molecule has 0 aliphatic carbocycles. The molecule has 9 heteroatoms. The van der Waals surface area contributed by atoms with Gasteiger partial charge in [0, 0.05) is 18.8 Å². The molecule has 2 N–H and O–H groups in total. The van der Waals surface area contributed by atoms with Gasteiger partial charge in [0.25, 0.3) is 10.0 Å². The second-order valence-corrected chi connectivity index (χ2v) is 7.47. The van der Waals surface area contributed by atoms with E-state index in [9.17, 15) is 8.42 Å². The monoisotopic (exact) mass is 366 g/mol. The first-order chi connectivity index (χ1) is 11.9. The lowest BCUT2D eigenvalue weighted by Crippen LogP contribution is -2.36. The lowest BCUT2D eigenvalue weighted by molar-refractivity contribution is 0.122. The van der Waals surface area contributed by atoms with Crippen LogP contribution in [0.15, 0.2) is 23.1 Å². The molecule has 2 aromatic rings. The maximum absolute atomic E-state index is 12.8. The number of methoxy groups -OCH3 is 1. The number of H-pyrrole nitrogens is 1. The highest BCUT2D eigenvalue weighted by atomic mass is 32.2. The van der Waals surface area contributed by atoms with E-state index >= 15 is 0 Å². The first kappa shape index (κ1) is 17.6. The Balaban J connectivity index is 1.95. The largest absolute Gasteiger partial charge is 0.495 e. The summed E-state index contributed by atoms with van der Waals surface area (Å²) in [4.78, 5) is 2.31. The van der Waals surface area contributed by atoms with E-state index in [0.717, 1.165) is 18.8 Å². The Morgan fingerprint density at radius 2 is 2.00 bits per heavy atom. The van der Waals surface area contributed by atoms with E-state index < -0.39 is 10.0 Å². The zero-order valence-electron chi connectivity index (χ0n) is 14.5. The second-order valence-electron chi connectivity index (χ2n) is 5.85. The minimum atomic E-state index is -3.78. The summed E-state index contributed by atoms with van der Waals surface area (Å²) in [7, 11) is -2.27. The normalized spacial score (nSPS) is 15.2. The first-order valence-electron chi connectivity index (χ1n) is 7.97. The van der Waals surface area contributed by atoms with E-state index in [1.807, 2.05) is 6.07 Å². The minimum Gasteiger partial charge on any atom is -0.495 e. The van der Waals surface area contributed by atoms with E-state index in [2.05, 4.69) is 19.8 Å². The molecule has 0 spiro atoms. The molecule has 0 atom stereocenters. The molecular formula is C16H22N4O4S. The van der Waals surface area contributed by atoms with Crippen molar-refractivity contribution in [1.82, 2.24) is 10.2 Å². The lowest BCUT2D eigenvalue weighted by atomic mass is 10.2. The summed E-state index contributed by atoms with van der Waals surface area (Å²) in [5, 5.41) is 6.66.